The van der Waals surface area contributed by atoms with Crippen molar-refractivity contribution >= 4 is 21.5 Å². The lowest BCUT2D eigenvalue weighted by Crippen LogP contribution is -2.19. The molecular weight excluding hydrogens is 398 g/mol. The largest absolute Gasteiger partial charge is 0.207 e. The van der Waals surface area contributed by atoms with Crippen molar-refractivity contribution in [1.82, 2.24) is 0 Å². The number of allylic oxidation sites excluding steroid dienone is 4. The second kappa shape index (κ2) is 6.49. The standard InChI is InChI=1S/C19H10BrF4N/c20-19(15-4-2-1-3-11(15)10-25)6-5-13(17(23)9-19)14-7-12(21)8-16(22)18(14)24/h1-5,7-9H,6H2. The molecule has 0 saturated heterocycles. The molecule has 0 heterocycles. The van der Waals surface area contributed by atoms with E-state index in [1.165, 1.54) is 12.2 Å². The summed E-state index contributed by atoms with van der Waals surface area (Å²) in [6.45, 7) is 0. The second-order valence-electron chi connectivity index (χ2n) is 5.58. The van der Waals surface area contributed by atoms with E-state index in [1.54, 1.807) is 24.3 Å². The number of halogens is 5. The van der Waals surface area contributed by atoms with Gasteiger partial charge in [0, 0.05) is 17.2 Å². The van der Waals surface area contributed by atoms with Crippen molar-refractivity contribution < 1.29 is 17.6 Å². The van der Waals surface area contributed by atoms with Crippen LogP contribution in [-0.2, 0) is 4.32 Å². The molecule has 1 aliphatic carbocycles. The molecule has 1 unspecified atom stereocenters. The molecular formula is C19H10BrF4N. The zero-order chi connectivity index (χ0) is 18.2. The van der Waals surface area contributed by atoms with E-state index in [9.17, 15) is 22.8 Å². The fourth-order valence-electron chi connectivity index (χ4n) is 2.81. The number of hydrogen-bond acceptors (Lipinski definition) is 1. The summed E-state index contributed by atoms with van der Waals surface area (Å²) in [6.07, 6.45) is 2.71. The Labute approximate surface area is 150 Å². The van der Waals surface area contributed by atoms with Crippen molar-refractivity contribution in [3.8, 4) is 6.07 Å². The number of hydrogen-bond donors (Lipinski definition) is 0. The van der Waals surface area contributed by atoms with Gasteiger partial charge in [-0.1, -0.05) is 40.2 Å². The van der Waals surface area contributed by atoms with Crippen molar-refractivity contribution in [3.05, 3.63) is 88.5 Å². The summed E-state index contributed by atoms with van der Waals surface area (Å²) in [5, 5.41) is 9.22. The van der Waals surface area contributed by atoms with Gasteiger partial charge in [0.25, 0.3) is 0 Å². The molecule has 6 heteroatoms. The highest BCUT2D eigenvalue weighted by atomic mass is 79.9. The summed E-state index contributed by atoms with van der Waals surface area (Å²) in [6, 6.07) is 9.88. The van der Waals surface area contributed by atoms with E-state index in [1.807, 2.05) is 6.07 Å². The van der Waals surface area contributed by atoms with Crippen LogP contribution in [0.5, 0.6) is 0 Å². The third-order valence-electron chi connectivity index (χ3n) is 3.99. The van der Waals surface area contributed by atoms with Gasteiger partial charge >= 0.3 is 0 Å². The molecule has 0 aromatic heterocycles. The fraction of sp³-hybridized carbons (Fsp3) is 0.105. The Kier molecular flexibility index (Phi) is 4.53. The van der Waals surface area contributed by atoms with Crippen LogP contribution in [0.4, 0.5) is 17.6 Å². The van der Waals surface area contributed by atoms with Crippen molar-refractivity contribution in [3.63, 3.8) is 0 Å². The number of rotatable bonds is 2. The van der Waals surface area contributed by atoms with Crippen LogP contribution in [0.15, 0.2) is 54.4 Å². The van der Waals surface area contributed by atoms with Crippen LogP contribution in [0.25, 0.3) is 5.57 Å². The van der Waals surface area contributed by atoms with E-state index in [0.29, 0.717) is 17.2 Å². The molecule has 2 aromatic carbocycles. The second-order valence-corrected chi connectivity index (χ2v) is 7.00. The van der Waals surface area contributed by atoms with Gasteiger partial charge in [-0.05, 0) is 30.2 Å². The maximum atomic E-state index is 14.7. The van der Waals surface area contributed by atoms with Crippen LogP contribution >= 0.6 is 15.9 Å². The van der Waals surface area contributed by atoms with Crippen molar-refractivity contribution in [2.45, 2.75) is 10.7 Å². The topological polar surface area (TPSA) is 23.8 Å². The molecule has 2 aromatic rings. The molecule has 0 radical (unpaired) electrons. The lowest BCUT2D eigenvalue weighted by Gasteiger charge is -2.28. The van der Waals surface area contributed by atoms with E-state index in [2.05, 4.69) is 15.9 Å². The van der Waals surface area contributed by atoms with Gasteiger partial charge in [0.15, 0.2) is 11.6 Å². The molecule has 25 heavy (non-hydrogen) atoms. The van der Waals surface area contributed by atoms with Gasteiger partial charge in [0.2, 0.25) is 0 Å². The summed E-state index contributed by atoms with van der Waals surface area (Å²) >= 11 is 3.43. The van der Waals surface area contributed by atoms with Crippen LogP contribution in [-0.4, -0.2) is 0 Å². The predicted octanol–water partition coefficient (Wildman–Crippen LogP) is 5.91. The number of benzene rings is 2. The average molecular weight is 408 g/mol. The Morgan fingerprint density at radius 1 is 1.08 bits per heavy atom. The Balaban J connectivity index is 2.06. The van der Waals surface area contributed by atoms with Gasteiger partial charge in [-0.25, -0.2) is 17.6 Å². The first-order valence-corrected chi connectivity index (χ1v) is 8.07. The van der Waals surface area contributed by atoms with Crippen LogP contribution in [0, 0.1) is 28.8 Å². The van der Waals surface area contributed by atoms with E-state index in [-0.39, 0.29) is 12.0 Å². The molecule has 0 spiro atoms. The summed E-state index contributed by atoms with van der Waals surface area (Å²) in [7, 11) is 0. The minimum Gasteiger partial charge on any atom is -0.207 e. The minimum atomic E-state index is -1.38. The Morgan fingerprint density at radius 3 is 2.48 bits per heavy atom. The minimum absolute atomic E-state index is 0.173. The van der Waals surface area contributed by atoms with Gasteiger partial charge in [-0.3, -0.25) is 0 Å². The van der Waals surface area contributed by atoms with Crippen molar-refractivity contribution in [2.24, 2.45) is 0 Å². The molecule has 0 fully saturated rings. The molecule has 0 bridgehead atoms. The van der Waals surface area contributed by atoms with Gasteiger partial charge in [-0.2, -0.15) is 5.26 Å². The normalized spacial score (nSPS) is 19.8. The molecule has 0 saturated carbocycles. The summed E-state index contributed by atoms with van der Waals surface area (Å²) in [5.74, 6) is -4.52. The molecule has 3 rings (SSSR count). The van der Waals surface area contributed by atoms with Gasteiger partial charge in [-0.15, -0.1) is 0 Å². The summed E-state index contributed by atoms with van der Waals surface area (Å²) < 4.78 is 54.4. The zero-order valence-corrected chi connectivity index (χ0v) is 14.2. The smallest absolute Gasteiger partial charge is 0.166 e. The van der Waals surface area contributed by atoms with Crippen LogP contribution in [0.2, 0.25) is 0 Å². The van der Waals surface area contributed by atoms with Gasteiger partial charge in [0.05, 0.1) is 16.0 Å². The molecule has 1 nitrogen and oxygen atoms in total. The molecule has 126 valence electrons. The Hall–Kier alpha value is -2.39. The third kappa shape index (κ3) is 3.12. The predicted molar refractivity (Wildman–Crippen MR) is 89.9 cm³/mol. The molecule has 0 amide bonds. The maximum absolute atomic E-state index is 14.7. The third-order valence-corrected chi connectivity index (χ3v) is 4.97. The molecule has 0 aliphatic heterocycles. The first kappa shape index (κ1) is 17.4. The van der Waals surface area contributed by atoms with Crippen LogP contribution in [0.1, 0.15) is 23.1 Å². The maximum Gasteiger partial charge on any atom is 0.166 e. The van der Waals surface area contributed by atoms with Crippen LogP contribution < -0.4 is 0 Å². The lowest BCUT2D eigenvalue weighted by atomic mass is 9.85. The highest BCUT2D eigenvalue weighted by Gasteiger charge is 2.33. The van der Waals surface area contributed by atoms with E-state index in [0.717, 1.165) is 6.07 Å². The fourth-order valence-corrected chi connectivity index (χ4v) is 3.52. The monoisotopic (exact) mass is 407 g/mol. The van der Waals surface area contributed by atoms with E-state index in [4.69, 9.17) is 0 Å². The average Bonchev–Trinajstić information content (AvgIpc) is 2.58. The van der Waals surface area contributed by atoms with E-state index < -0.39 is 33.2 Å². The number of alkyl halides is 1. The van der Waals surface area contributed by atoms with Crippen LogP contribution in [0.3, 0.4) is 0 Å². The highest BCUT2D eigenvalue weighted by molar-refractivity contribution is 9.09. The zero-order valence-electron chi connectivity index (χ0n) is 12.7. The molecule has 1 atom stereocenters. The Bertz CT molecular complexity index is 958. The van der Waals surface area contributed by atoms with E-state index >= 15 is 0 Å². The summed E-state index contributed by atoms with van der Waals surface area (Å²) in [4.78, 5) is 0. The SMILES string of the molecule is N#Cc1ccccc1C1(Br)C=C(F)C(c2cc(F)cc(F)c2F)=CC1. The van der Waals surface area contributed by atoms with Gasteiger partial charge in [0.1, 0.15) is 11.6 Å². The number of nitriles is 1. The first-order valence-electron chi connectivity index (χ1n) is 7.28. The molecule has 1 aliphatic rings. The van der Waals surface area contributed by atoms with Crippen molar-refractivity contribution in [1.29, 1.82) is 5.26 Å². The number of nitrogens with zero attached hydrogens (tertiary/aromatic N) is 1. The Morgan fingerprint density at radius 2 is 1.80 bits per heavy atom. The first-order chi connectivity index (χ1) is 11.9. The highest BCUT2D eigenvalue weighted by Crippen LogP contribution is 2.46. The quantitative estimate of drug-likeness (QED) is 0.345. The van der Waals surface area contributed by atoms with Crippen molar-refractivity contribution in [2.75, 3.05) is 0 Å². The molecule has 0 N–H and O–H groups in total. The summed E-state index contributed by atoms with van der Waals surface area (Å²) in [5.41, 5.74) is 0.215. The van der Waals surface area contributed by atoms with Gasteiger partial charge < -0.3 is 0 Å². The lowest BCUT2D eigenvalue weighted by molar-refractivity contribution is 0.491.